The van der Waals surface area contributed by atoms with Crippen LogP contribution in [0.3, 0.4) is 0 Å². The number of amides is 1. The van der Waals surface area contributed by atoms with Gasteiger partial charge < -0.3 is 10.4 Å². The van der Waals surface area contributed by atoms with Gasteiger partial charge in [0.15, 0.2) is 0 Å². The Bertz CT molecular complexity index is 1260. The second-order valence-electron chi connectivity index (χ2n) is 12.8. The second-order valence-corrected chi connectivity index (χ2v) is 14.3. The highest BCUT2D eigenvalue weighted by Crippen LogP contribution is 2.07. The van der Waals surface area contributed by atoms with Crippen LogP contribution in [-0.2, 0) is 14.9 Å². The minimum Gasteiger partial charge on any atom is -0.387 e. The predicted molar refractivity (Wildman–Crippen MR) is 225 cm³/mol. The summed E-state index contributed by atoms with van der Waals surface area (Å²) in [6.45, 7) is 4.37. The van der Waals surface area contributed by atoms with Crippen molar-refractivity contribution in [1.82, 2.24) is 5.32 Å². The number of allylic oxidation sites excluding steroid dienone is 19. The Labute approximate surface area is 318 Å². The zero-order chi connectivity index (χ0) is 38.2. The Hall–Kier alpha value is -3.26. The number of hydrogen-bond acceptors (Lipinski definition) is 4. The lowest BCUT2D eigenvalue weighted by atomic mass is 10.1. The molecule has 6 nitrogen and oxygen atoms in total. The van der Waals surface area contributed by atoms with Crippen LogP contribution in [0.5, 0.6) is 0 Å². The maximum Gasteiger partial charge on any atom is 0.267 e. The van der Waals surface area contributed by atoms with Gasteiger partial charge in [-0.25, -0.2) is 0 Å². The van der Waals surface area contributed by atoms with Crippen molar-refractivity contribution in [2.45, 2.75) is 148 Å². The molecular weight excluding hydrogens is 667 g/mol. The summed E-state index contributed by atoms with van der Waals surface area (Å²) >= 11 is 0. The van der Waals surface area contributed by atoms with Gasteiger partial charge in [-0.2, -0.15) is 8.42 Å². The van der Waals surface area contributed by atoms with E-state index in [2.05, 4.69) is 122 Å². The van der Waals surface area contributed by atoms with Crippen molar-refractivity contribution in [1.29, 1.82) is 0 Å². The van der Waals surface area contributed by atoms with Crippen LogP contribution in [0.25, 0.3) is 0 Å². The molecule has 0 aromatic heterocycles. The molecule has 0 aliphatic rings. The van der Waals surface area contributed by atoms with Crippen LogP contribution in [0.1, 0.15) is 136 Å². The average Bonchev–Trinajstić information content (AvgIpc) is 3.11. The lowest BCUT2D eigenvalue weighted by Crippen LogP contribution is -2.46. The minimum atomic E-state index is -4.38. The molecule has 2 atom stereocenters. The van der Waals surface area contributed by atoms with E-state index >= 15 is 0 Å². The SMILES string of the molecule is CC/C=C\C/C=C\C/C=C\C/C=C\C/C=C\C/C=C\C/C=C\CCCC(=O)NC(CS(=O)(=O)O)C(O)/C=C/CC/C=C/CC/C=C/CCCCCC. The Morgan fingerprint density at radius 2 is 0.942 bits per heavy atom. The van der Waals surface area contributed by atoms with Crippen LogP contribution in [-0.4, -0.2) is 41.9 Å². The topological polar surface area (TPSA) is 104 Å². The zero-order valence-corrected chi connectivity index (χ0v) is 33.2. The van der Waals surface area contributed by atoms with Crippen LogP contribution in [0, 0.1) is 0 Å². The van der Waals surface area contributed by atoms with Gasteiger partial charge in [-0.05, 0) is 96.3 Å². The van der Waals surface area contributed by atoms with Crippen LogP contribution >= 0.6 is 0 Å². The number of aliphatic hydroxyl groups excluding tert-OH is 1. The quantitative estimate of drug-likeness (QED) is 0.0353. The molecule has 0 spiro atoms. The fourth-order valence-electron chi connectivity index (χ4n) is 4.94. The molecule has 1 amide bonds. The number of rotatable bonds is 33. The minimum absolute atomic E-state index is 0.196. The molecule has 52 heavy (non-hydrogen) atoms. The number of unbranched alkanes of at least 4 members (excludes halogenated alkanes) is 7. The van der Waals surface area contributed by atoms with Gasteiger partial charge in [-0.1, -0.05) is 155 Å². The summed E-state index contributed by atoms with van der Waals surface area (Å²) in [5.74, 6) is -1.10. The largest absolute Gasteiger partial charge is 0.387 e. The van der Waals surface area contributed by atoms with Crippen molar-refractivity contribution in [3.8, 4) is 0 Å². The lowest BCUT2D eigenvalue weighted by Gasteiger charge is -2.21. The first-order valence-corrected chi connectivity index (χ1v) is 21.3. The first kappa shape index (κ1) is 48.7. The van der Waals surface area contributed by atoms with E-state index in [9.17, 15) is 22.9 Å². The molecule has 0 aliphatic carbocycles. The van der Waals surface area contributed by atoms with Crippen molar-refractivity contribution in [3.05, 3.63) is 122 Å². The normalized spacial score (nSPS) is 14.6. The number of carbonyl (C=O) groups excluding carboxylic acids is 1. The smallest absolute Gasteiger partial charge is 0.267 e. The van der Waals surface area contributed by atoms with Gasteiger partial charge in [0.05, 0.1) is 17.9 Å². The Morgan fingerprint density at radius 1 is 0.538 bits per heavy atom. The lowest BCUT2D eigenvalue weighted by molar-refractivity contribution is -0.122. The first-order chi connectivity index (χ1) is 25.3. The van der Waals surface area contributed by atoms with Crippen LogP contribution in [0.2, 0.25) is 0 Å². The third-order valence-corrected chi connectivity index (χ3v) is 8.63. The van der Waals surface area contributed by atoms with Crippen LogP contribution in [0.4, 0.5) is 0 Å². The molecule has 2 unspecified atom stereocenters. The summed E-state index contributed by atoms with van der Waals surface area (Å²) in [6.07, 6.45) is 59.0. The summed E-state index contributed by atoms with van der Waals surface area (Å²) in [4.78, 5) is 12.5. The number of hydrogen-bond donors (Lipinski definition) is 3. The van der Waals surface area contributed by atoms with E-state index in [-0.39, 0.29) is 12.3 Å². The van der Waals surface area contributed by atoms with Crippen molar-refractivity contribution < 1.29 is 22.9 Å². The molecular formula is C45H71NO5S. The van der Waals surface area contributed by atoms with E-state index in [0.29, 0.717) is 19.3 Å². The molecule has 7 heteroatoms. The molecule has 0 aromatic rings. The first-order valence-electron chi connectivity index (χ1n) is 19.7. The van der Waals surface area contributed by atoms with Crippen LogP contribution in [0.15, 0.2) is 122 Å². The summed E-state index contributed by atoms with van der Waals surface area (Å²) in [6, 6.07) is -1.12. The van der Waals surface area contributed by atoms with Crippen molar-refractivity contribution >= 4 is 16.0 Å². The van der Waals surface area contributed by atoms with Crippen molar-refractivity contribution in [2.75, 3.05) is 5.75 Å². The maximum absolute atomic E-state index is 12.5. The summed E-state index contributed by atoms with van der Waals surface area (Å²) in [5, 5.41) is 13.1. The predicted octanol–water partition coefficient (Wildman–Crippen LogP) is 11.7. The molecule has 0 heterocycles. The van der Waals surface area contributed by atoms with Gasteiger partial charge in [-0.3, -0.25) is 9.35 Å². The fourth-order valence-corrected chi connectivity index (χ4v) is 5.67. The van der Waals surface area contributed by atoms with Gasteiger partial charge in [0, 0.05) is 6.42 Å². The van der Waals surface area contributed by atoms with E-state index in [0.717, 1.165) is 70.6 Å². The van der Waals surface area contributed by atoms with Crippen LogP contribution < -0.4 is 5.32 Å². The standard InChI is InChI=1S/C45H71NO5S/c1-3-5-7-9-11-13-15-17-19-20-21-22-23-24-25-26-27-29-31-33-35-37-39-41-45(48)46-43(42-52(49,50)51)44(47)40-38-36-34-32-30-28-18-16-14-12-10-8-6-4-2/h5,7,11,13-14,16-17,19,21-22,24-25,27,29-30,32-33,35,38,40,43-44,47H,3-4,6,8-10,12,15,18,20,23,26,28,31,34,36-37,39,41-42H2,1-2H3,(H,46,48)(H,49,50,51)/b7-5-,13-11-,16-14+,19-17-,22-21-,25-24-,29-27-,32-30+,35-33-,40-38+. The monoisotopic (exact) mass is 738 g/mol. The van der Waals surface area contributed by atoms with Gasteiger partial charge in [-0.15, -0.1) is 0 Å². The highest BCUT2D eigenvalue weighted by atomic mass is 32.2. The molecule has 0 saturated carbocycles. The van der Waals surface area contributed by atoms with E-state index in [4.69, 9.17) is 0 Å². The number of carbonyl (C=O) groups is 1. The molecule has 0 aromatic carbocycles. The van der Waals surface area contributed by atoms with Gasteiger partial charge in [0.1, 0.15) is 0 Å². The third-order valence-electron chi connectivity index (χ3n) is 7.85. The van der Waals surface area contributed by atoms with Crippen molar-refractivity contribution in [2.24, 2.45) is 0 Å². The molecule has 292 valence electrons. The summed E-state index contributed by atoms with van der Waals surface area (Å²) in [5.41, 5.74) is 0. The van der Waals surface area contributed by atoms with Gasteiger partial charge in [0.25, 0.3) is 10.1 Å². The third kappa shape index (κ3) is 38.0. The molecule has 0 fully saturated rings. The van der Waals surface area contributed by atoms with Gasteiger partial charge >= 0.3 is 0 Å². The van der Waals surface area contributed by atoms with E-state index in [1.807, 2.05) is 6.08 Å². The molecule has 0 bridgehead atoms. The van der Waals surface area contributed by atoms with E-state index in [1.165, 1.54) is 31.8 Å². The molecule has 0 rings (SSSR count). The van der Waals surface area contributed by atoms with E-state index in [1.54, 1.807) is 6.08 Å². The molecule has 0 aliphatic heterocycles. The highest BCUT2D eigenvalue weighted by molar-refractivity contribution is 7.85. The Balaban J connectivity index is 4.17. The molecule has 3 N–H and O–H groups in total. The summed E-state index contributed by atoms with van der Waals surface area (Å²) in [7, 11) is -4.38. The number of nitrogens with one attached hydrogen (secondary N) is 1. The van der Waals surface area contributed by atoms with Crippen molar-refractivity contribution in [3.63, 3.8) is 0 Å². The summed E-state index contributed by atoms with van der Waals surface area (Å²) < 4.78 is 32.4. The van der Waals surface area contributed by atoms with E-state index < -0.39 is 28.0 Å². The fraction of sp³-hybridized carbons (Fsp3) is 0.533. The maximum atomic E-state index is 12.5. The zero-order valence-electron chi connectivity index (χ0n) is 32.4. The van der Waals surface area contributed by atoms with Gasteiger partial charge in [0.2, 0.25) is 5.91 Å². The Morgan fingerprint density at radius 3 is 1.40 bits per heavy atom. The highest BCUT2D eigenvalue weighted by Gasteiger charge is 2.24. The molecule has 0 radical (unpaired) electrons. The Kier molecular flexibility index (Phi) is 35.1. The average molecular weight is 738 g/mol. The second kappa shape index (κ2) is 37.5. The number of aliphatic hydroxyl groups is 1. The molecule has 0 saturated heterocycles.